The Kier molecular flexibility index (Phi) is 11.9. The molecule has 0 saturated heterocycles. The summed E-state index contributed by atoms with van der Waals surface area (Å²) in [4.78, 5) is 29.3. The van der Waals surface area contributed by atoms with Gasteiger partial charge in [-0.25, -0.2) is 8.42 Å². The molecule has 1 N–H and O–H groups in total. The van der Waals surface area contributed by atoms with Crippen LogP contribution in [-0.4, -0.2) is 64.1 Å². The predicted molar refractivity (Wildman–Crippen MR) is 175 cm³/mol. The Morgan fingerprint density at radius 3 is 2.11 bits per heavy atom. The lowest BCUT2D eigenvalue weighted by Gasteiger charge is -2.35. The van der Waals surface area contributed by atoms with E-state index in [1.165, 1.54) is 37.3 Å². The molecular formula is C34H45N3O7S. The van der Waals surface area contributed by atoms with Crippen molar-refractivity contribution in [3.63, 3.8) is 0 Å². The van der Waals surface area contributed by atoms with Crippen LogP contribution in [0.4, 0.5) is 5.69 Å². The van der Waals surface area contributed by atoms with Crippen molar-refractivity contribution < 1.29 is 32.2 Å². The largest absolute Gasteiger partial charge is 0.494 e. The first-order chi connectivity index (χ1) is 21.2. The van der Waals surface area contributed by atoms with E-state index in [-0.39, 0.29) is 28.8 Å². The summed E-state index contributed by atoms with van der Waals surface area (Å²) in [7, 11) is -1.45. The molecule has 10 nitrogen and oxygen atoms in total. The lowest BCUT2D eigenvalue weighted by atomic mass is 10.0. The lowest BCUT2D eigenvalue weighted by Crippen LogP contribution is -2.55. The van der Waals surface area contributed by atoms with Crippen molar-refractivity contribution in [1.82, 2.24) is 10.2 Å². The van der Waals surface area contributed by atoms with Gasteiger partial charge in [-0.15, -0.1) is 0 Å². The fourth-order valence-electron chi connectivity index (χ4n) is 4.85. The Morgan fingerprint density at radius 1 is 0.911 bits per heavy atom. The van der Waals surface area contributed by atoms with Gasteiger partial charge in [-0.2, -0.15) is 0 Å². The third-order valence-electron chi connectivity index (χ3n) is 7.14. The highest BCUT2D eigenvalue weighted by atomic mass is 32.2. The highest BCUT2D eigenvalue weighted by Crippen LogP contribution is 2.33. The van der Waals surface area contributed by atoms with Crippen molar-refractivity contribution in [2.75, 3.05) is 31.7 Å². The Labute approximate surface area is 267 Å². The van der Waals surface area contributed by atoms with Gasteiger partial charge >= 0.3 is 0 Å². The van der Waals surface area contributed by atoms with Crippen LogP contribution in [0.2, 0.25) is 0 Å². The number of aryl methyl sites for hydroxylation is 1. The van der Waals surface area contributed by atoms with E-state index in [2.05, 4.69) is 5.32 Å². The molecule has 11 heteroatoms. The quantitative estimate of drug-likeness (QED) is 0.254. The molecule has 0 radical (unpaired) electrons. The van der Waals surface area contributed by atoms with Crippen molar-refractivity contribution in [3.8, 4) is 17.2 Å². The molecule has 3 aromatic carbocycles. The van der Waals surface area contributed by atoms with Crippen LogP contribution in [0.25, 0.3) is 0 Å². The lowest BCUT2D eigenvalue weighted by molar-refractivity contribution is -0.141. The number of nitrogens with one attached hydrogen (secondary N) is 1. The van der Waals surface area contributed by atoms with Crippen molar-refractivity contribution in [1.29, 1.82) is 0 Å². The highest BCUT2D eigenvalue weighted by Gasteiger charge is 2.35. The van der Waals surface area contributed by atoms with Gasteiger partial charge in [0.15, 0.2) is 11.5 Å². The molecule has 45 heavy (non-hydrogen) atoms. The third kappa shape index (κ3) is 8.91. The molecular weight excluding hydrogens is 594 g/mol. The molecule has 0 aromatic heterocycles. The van der Waals surface area contributed by atoms with Crippen LogP contribution >= 0.6 is 0 Å². The van der Waals surface area contributed by atoms with Gasteiger partial charge in [0.2, 0.25) is 11.8 Å². The number of benzene rings is 3. The van der Waals surface area contributed by atoms with Crippen LogP contribution in [0.1, 0.15) is 52.2 Å². The minimum Gasteiger partial charge on any atom is -0.494 e. The Morgan fingerprint density at radius 2 is 1.56 bits per heavy atom. The second kappa shape index (κ2) is 15.2. The van der Waals surface area contributed by atoms with E-state index in [4.69, 9.17) is 14.2 Å². The van der Waals surface area contributed by atoms with Gasteiger partial charge in [0, 0.05) is 18.2 Å². The maximum atomic E-state index is 14.4. The number of amides is 2. The summed E-state index contributed by atoms with van der Waals surface area (Å²) in [5.41, 5.74) is 1.52. The summed E-state index contributed by atoms with van der Waals surface area (Å²) < 4.78 is 45.8. The number of hydrogen-bond donors (Lipinski definition) is 1. The molecule has 0 unspecified atom stereocenters. The maximum Gasteiger partial charge on any atom is 0.264 e. The second-order valence-electron chi connectivity index (χ2n) is 11.6. The number of rotatable bonds is 14. The molecule has 3 rings (SSSR count). The van der Waals surface area contributed by atoms with Gasteiger partial charge in [0.25, 0.3) is 10.0 Å². The van der Waals surface area contributed by atoms with Crippen LogP contribution in [0.3, 0.4) is 0 Å². The first-order valence-electron chi connectivity index (χ1n) is 14.9. The van der Waals surface area contributed by atoms with Crippen LogP contribution < -0.4 is 23.8 Å². The fourth-order valence-corrected chi connectivity index (χ4v) is 6.28. The predicted octanol–water partition coefficient (Wildman–Crippen LogP) is 5.33. The van der Waals surface area contributed by atoms with E-state index < -0.39 is 34.1 Å². The molecule has 0 aliphatic rings. The SMILES string of the molecule is CCOc1ccc(N(CC(=O)N(Cc2ccccc2C)[C@H](CC)C(=O)NC(C)(C)C)S(=O)(=O)c2ccc(OC)c(OC)c2)cc1. The molecule has 0 bridgehead atoms. The third-order valence-corrected chi connectivity index (χ3v) is 8.91. The van der Waals surface area contributed by atoms with Gasteiger partial charge in [0.05, 0.1) is 31.4 Å². The summed E-state index contributed by atoms with van der Waals surface area (Å²) in [6.45, 7) is 11.2. The zero-order valence-electron chi connectivity index (χ0n) is 27.4. The number of methoxy groups -OCH3 is 2. The summed E-state index contributed by atoms with van der Waals surface area (Å²) >= 11 is 0. The number of nitrogens with zero attached hydrogens (tertiary/aromatic N) is 2. The van der Waals surface area contributed by atoms with E-state index in [1.807, 2.05) is 65.8 Å². The second-order valence-corrected chi connectivity index (χ2v) is 13.4. The molecule has 0 fully saturated rings. The van der Waals surface area contributed by atoms with Gasteiger partial charge in [-0.1, -0.05) is 31.2 Å². The van der Waals surface area contributed by atoms with E-state index in [0.717, 1.165) is 15.4 Å². The average molecular weight is 640 g/mol. The number of hydrogen-bond acceptors (Lipinski definition) is 7. The smallest absolute Gasteiger partial charge is 0.264 e. The number of sulfonamides is 1. The number of carbonyl (C=O) groups excluding carboxylic acids is 2. The molecule has 0 aliphatic carbocycles. The summed E-state index contributed by atoms with van der Waals surface area (Å²) in [6, 6.07) is 17.5. The maximum absolute atomic E-state index is 14.4. The Balaban J connectivity index is 2.13. The molecule has 0 aliphatic heterocycles. The zero-order chi connectivity index (χ0) is 33.4. The van der Waals surface area contributed by atoms with Crippen LogP contribution in [0, 0.1) is 6.92 Å². The van der Waals surface area contributed by atoms with E-state index >= 15 is 0 Å². The molecule has 244 valence electrons. The van der Waals surface area contributed by atoms with Gasteiger partial charge in [-0.3, -0.25) is 13.9 Å². The first-order valence-corrected chi connectivity index (χ1v) is 16.3. The van der Waals surface area contributed by atoms with Crippen LogP contribution in [0.5, 0.6) is 17.2 Å². The van der Waals surface area contributed by atoms with Crippen molar-refractivity contribution in [3.05, 3.63) is 77.9 Å². The zero-order valence-corrected chi connectivity index (χ0v) is 28.2. The van der Waals surface area contributed by atoms with Crippen molar-refractivity contribution in [2.24, 2.45) is 0 Å². The van der Waals surface area contributed by atoms with Crippen LogP contribution in [0.15, 0.2) is 71.6 Å². The molecule has 0 heterocycles. The Hall–Kier alpha value is -4.25. The fraction of sp³-hybridized carbons (Fsp3) is 0.412. The van der Waals surface area contributed by atoms with Gasteiger partial charge in [-0.05, 0) is 88.6 Å². The number of ether oxygens (including phenoxy) is 3. The van der Waals surface area contributed by atoms with Crippen molar-refractivity contribution >= 4 is 27.5 Å². The Bertz CT molecular complexity index is 1570. The highest BCUT2D eigenvalue weighted by molar-refractivity contribution is 7.92. The van der Waals surface area contributed by atoms with E-state index in [1.54, 1.807) is 24.3 Å². The number of carbonyl (C=O) groups is 2. The minimum atomic E-state index is -4.32. The molecule has 0 spiro atoms. The van der Waals surface area contributed by atoms with E-state index in [0.29, 0.717) is 24.5 Å². The average Bonchev–Trinajstić information content (AvgIpc) is 2.99. The molecule has 2 amide bonds. The van der Waals surface area contributed by atoms with E-state index in [9.17, 15) is 18.0 Å². The van der Waals surface area contributed by atoms with Gasteiger partial charge < -0.3 is 24.4 Å². The van der Waals surface area contributed by atoms with Gasteiger partial charge in [0.1, 0.15) is 18.3 Å². The molecule has 0 saturated carbocycles. The van der Waals surface area contributed by atoms with Crippen LogP contribution in [-0.2, 0) is 26.2 Å². The molecule has 1 atom stereocenters. The summed E-state index contributed by atoms with van der Waals surface area (Å²) in [5, 5.41) is 2.98. The minimum absolute atomic E-state index is 0.0928. The van der Waals surface area contributed by atoms with Crippen molar-refractivity contribution in [2.45, 2.75) is 71.0 Å². The monoisotopic (exact) mass is 639 g/mol. The molecule has 3 aromatic rings. The summed E-state index contributed by atoms with van der Waals surface area (Å²) in [5.74, 6) is 0.291. The standard InChI is InChI=1S/C34H45N3O7S/c1-9-29(33(39)35-34(4,5)6)36(22-25-14-12-11-13-24(25)3)32(38)23-37(26-15-17-27(18-16-26)44-10-2)45(40,41)28-19-20-30(42-7)31(21-28)43-8/h11-21,29H,9-10,22-23H2,1-8H3,(H,35,39)/t29-/m1/s1. The number of anilines is 1. The first kappa shape index (κ1) is 35.2. The summed E-state index contributed by atoms with van der Waals surface area (Å²) in [6.07, 6.45) is 0.324. The normalized spacial score (nSPS) is 12.2. The topological polar surface area (TPSA) is 114 Å².